The van der Waals surface area contributed by atoms with Crippen LogP contribution in [0.5, 0.6) is 0 Å². The average molecular weight is 284 g/mol. The normalized spacial score (nSPS) is 34.0. The van der Waals surface area contributed by atoms with Gasteiger partial charge < -0.3 is 9.47 Å². The highest BCUT2D eigenvalue weighted by molar-refractivity contribution is 4.99. The molecule has 0 aromatic carbocycles. The van der Waals surface area contributed by atoms with Crippen LogP contribution in [0, 0.1) is 5.92 Å². The van der Waals surface area contributed by atoms with Gasteiger partial charge in [-0.15, -0.1) is 0 Å². The molecule has 2 aliphatic heterocycles. The van der Waals surface area contributed by atoms with Crippen LogP contribution in [0.25, 0.3) is 0 Å². The first-order valence-electron chi connectivity index (χ1n) is 8.12. The molecule has 2 aliphatic rings. The Bertz CT molecular complexity index is 312. The zero-order chi connectivity index (χ0) is 14.8. The summed E-state index contributed by atoms with van der Waals surface area (Å²) in [5, 5.41) is 0. The fourth-order valence-corrected chi connectivity index (χ4v) is 4.03. The Hall–Kier alpha value is -0.160. The van der Waals surface area contributed by atoms with Gasteiger partial charge in [-0.05, 0) is 66.2 Å². The lowest BCUT2D eigenvalue weighted by molar-refractivity contribution is -0.0786. The van der Waals surface area contributed by atoms with Crippen LogP contribution in [-0.2, 0) is 9.47 Å². The summed E-state index contributed by atoms with van der Waals surface area (Å²) in [6.45, 7) is 9.65. The first kappa shape index (κ1) is 16.2. The average Bonchev–Trinajstić information content (AvgIpc) is 2.60. The minimum Gasteiger partial charge on any atom is -0.378 e. The SMILES string of the molecule is CC1(C)CC(C(CCC2CCCCO2)NN)C(C)(C)O1. The van der Waals surface area contributed by atoms with Crippen molar-refractivity contribution in [2.45, 2.75) is 89.6 Å². The Labute approximate surface area is 123 Å². The third-order valence-electron chi connectivity index (χ3n) is 4.92. The summed E-state index contributed by atoms with van der Waals surface area (Å²) < 4.78 is 12.0. The quantitative estimate of drug-likeness (QED) is 0.602. The largest absolute Gasteiger partial charge is 0.378 e. The van der Waals surface area contributed by atoms with Gasteiger partial charge in [0.2, 0.25) is 0 Å². The number of rotatable bonds is 5. The molecule has 20 heavy (non-hydrogen) atoms. The molecule has 2 heterocycles. The number of hydrazine groups is 1. The molecule has 0 spiro atoms. The Morgan fingerprint density at radius 1 is 1.25 bits per heavy atom. The monoisotopic (exact) mass is 284 g/mol. The number of hydrogen-bond donors (Lipinski definition) is 2. The zero-order valence-corrected chi connectivity index (χ0v) is 13.6. The van der Waals surface area contributed by atoms with Gasteiger partial charge in [-0.25, -0.2) is 0 Å². The van der Waals surface area contributed by atoms with E-state index in [1.807, 2.05) is 0 Å². The van der Waals surface area contributed by atoms with Gasteiger partial charge in [-0.3, -0.25) is 11.3 Å². The predicted octanol–water partition coefficient (Wildman–Crippen LogP) is 2.76. The summed E-state index contributed by atoms with van der Waals surface area (Å²) in [6.07, 6.45) is 7.37. The summed E-state index contributed by atoms with van der Waals surface area (Å²) in [5.74, 6) is 6.28. The molecule has 3 unspecified atom stereocenters. The maximum atomic E-state index is 6.20. The van der Waals surface area contributed by atoms with Crippen LogP contribution in [0.4, 0.5) is 0 Å². The molecular formula is C16H32N2O2. The van der Waals surface area contributed by atoms with Gasteiger partial charge in [0.25, 0.3) is 0 Å². The standard InChI is InChI=1S/C16H32N2O2/c1-15(2)11-13(16(3,4)20-15)14(18-17)9-8-12-7-5-6-10-19-12/h12-14,18H,5-11,17H2,1-4H3. The van der Waals surface area contributed by atoms with Crippen LogP contribution in [-0.4, -0.2) is 30.0 Å². The van der Waals surface area contributed by atoms with E-state index in [2.05, 4.69) is 33.1 Å². The van der Waals surface area contributed by atoms with Gasteiger partial charge in [0.1, 0.15) is 0 Å². The summed E-state index contributed by atoms with van der Waals surface area (Å²) in [4.78, 5) is 0. The molecule has 0 aromatic heterocycles. The lowest BCUT2D eigenvalue weighted by Gasteiger charge is -2.33. The molecule has 118 valence electrons. The molecule has 0 aromatic rings. The Kier molecular flexibility index (Phi) is 5.11. The van der Waals surface area contributed by atoms with Crippen molar-refractivity contribution in [3.8, 4) is 0 Å². The summed E-state index contributed by atoms with van der Waals surface area (Å²) in [5.41, 5.74) is 2.87. The summed E-state index contributed by atoms with van der Waals surface area (Å²) in [7, 11) is 0. The van der Waals surface area contributed by atoms with Crippen molar-refractivity contribution in [2.75, 3.05) is 6.61 Å². The summed E-state index contributed by atoms with van der Waals surface area (Å²) in [6, 6.07) is 0.303. The van der Waals surface area contributed by atoms with E-state index in [1.54, 1.807) is 0 Å². The van der Waals surface area contributed by atoms with Crippen LogP contribution in [0.2, 0.25) is 0 Å². The van der Waals surface area contributed by atoms with Gasteiger partial charge in [0.05, 0.1) is 17.3 Å². The lowest BCUT2D eigenvalue weighted by Crippen LogP contribution is -2.47. The number of hydrogen-bond acceptors (Lipinski definition) is 4. The second-order valence-corrected chi connectivity index (χ2v) is 7.61. The Balaban J connectivity index is 1.90. The molecule has 0 amide bonds. The Morgan fingerprint density at radius 3 is 2.50 bits per heavy atom. The van der Waals surface area contributed by atoms with Crippen LogP contribution < -0.4 is 11.3 Å². The first-order chi connectivity index (χ1) is 9.34. The molecule has 2 saturated heterocycles. The third-order valence-corrected chi connectivity index (χ3v) is 4.92. The highest BCUT2D eigenvalue weighted by Gasteiger charge is 2.48. The fourth-order valence-electron chi connectivity index (χ4n) is 4.03. The molecule has 2 rings (SSSR count). The molecule has 0 radical (unpaired) electrons. The molecule has 0 bridgehead atoms. The molecule has 0 aliphatic carbocycles. The molecule has 3 atom stereocenters. The van der Waals surface area contributed by atoms with E-state index in [0.717, 1.165) is 25.9 Å². The lowest BCUT2D eigenvalue weighted by atomic mass is 9.79. The first-order valence-corrected chi connectivity index (χ1v) is 8.12. The second kappa shape index (κ2) is 6.30. The van der Waals surface area contributed by atoms with Crippen molar-refractivity contribution < 1.29 is 9.47 Å². The van der Waals surface area contributed by atoms with E-state index in [1.165, 1.54) is 19.3 Å². The van der Waals surface area contributed by atoms with Crippen molar-refractivity contribution in [2.24, 2.45) is 11.8 Å². The van der Waals surface area contributed by atoms with E-state index in [9.17, 15) is 0 Å². The van der Waals surface area contributed by atoms with Crippen molar-refractivity contribution in [3.63, 3.8) is 0 Å². The summed E-state index contributed by atoms with van der Waals surface area (Å²) >= 11 is 0. The minimum atomic E-state index is -0.117. The maximum Gasteiger partial charge on any atom is 0.0678 e. The number of ether oxygens (including phenoxy) is 2. The van der Waals surface area contributed by atoms with Crippen LogP contribution >= 0.6 is 0 Å². The van der Waals surface area contributed by atoms with Crippen LogP contribution in [0.3, 0.4) is 0 Å². The van der Waals surface area contributed by atoms with Crippen molar-refractivity contribution in [1.82, 2.24) is 5.43 Å². The molecule has 3 N–H and O–H groups in total. The maximum absolute atomic E-state index is 6.20. The molecule has 2 fully saturated rings. The third kappa shape index (κ3) is 3.94. The molecule has 4 nitrogen and oxygen atoms in total. The Morgan fingerprint density at radius 2 is 2.00 bits per heavy atom. The van der Waals surface area contributed by atoms with Gasteiger partial charge in [-0.1, -0.05) is 0 Å². The highest BCUT2D eigenvalue weighted by Crippen LogP contribution is 2.44. The van der Waals surface area contributed by atoms with Crippen LogP contribution in [0.1, 0.15) is 66.2 Å². The van der Waals surface area contributed by atoms with Crippen molar-refractivity contribution in [3.05, 3.63) is 0 Å². The van der Waals surface area contributed by atoms with Gasteiger partial charge in [0, 0.05) is 18.6 Å². The van der Waals surface area contributed by atoms with Crippen molar-refractivity contribution >= 4 is 0 Å². The van der Waals surface area contributed by atoms with E-state index < -0.39 is 0 Å². The molecule has 0 saturated carbocycles. The van der Waals surface area contributed by atoms with E-state index >= 15 is 0 Å². The van der Waals surface area contributed by atoms with Crippen LogP contribution in [0.15, 0.2) is 0 Å². The van der Waals surface area contributed by atoms with E-state index in [-0.39, 0.29) is 11.2 Å². The minimum absolute atomic E-state index is 0.0510. The predicted molar refractivity (Wildman–Crippen MR) is 81.3 cm³/mol. The zero-order valence-electron chi connectivity index (χ0n) is 13.6. The van der Waals surface area contributed by atoms with Gasteiger partial charge in [-0.2, -0.15) is 0 Å². The number of nitrogens with two attached hydrogens (primary N) is 1. The van der Waals surface area contributed by atoms with E-state index in [4.69, 9.17) is 15.3 Å². The topological polar surface area (TPSA) is 56.5 Å². The van der Waals surface area contributed by atoms with Gasteiger partial charge in [0.15, 0.2) is 0 Å². The highest BCUT2D eigenvalue weighted by atomic mass is 16.5. The van der Waals surface area contributed by atoms with Crippen molar-refractivity contribution in [1.29, 1.82) is 0 Å². The molecule has 4 heteroatoms. The second-order valence-electron chi connectivity index (χ2n) is 7.61. The smallest absolute Gasteiger partial charge is 0.0678 e. The van der Waals surface area contributed by atoms with E-state index in [0.29, 0.717) is 18.1 Å². The number of nitrogens with one attached hydrogen (secondary N) is 1. The molecular weight excluding hydrogens is 252 g/mol. The van der Waals surface area contributed by atoms with Gasteiger partial charge >= 0.3 is 0 Å². The fraction of sp³-hybridized carbons (Fsp3) is 1.00.